The van der Waals surface area contributed by atoms with E-state index >= 15 is 0 Å². The highest BCUT2D eigenvalue weighted by Gasteiger charge is 2.11. The Bertz CT molecular complexity index is 970. The van der Waals surface area contributed by atoms with Crippen LogP contribution in [0.15, 0.2) is 48.8 Å². The summed E-state index contributed by atoms with van der Waals surface area (Å²) in [6, 6.07) is 11.2. The third-order valence-electron chi connectivity index (χ3n) is 3.54. The molecule has 3 heterocycles. The molecule has 0 amide bonds. The quantitative estimate of drug-likeness (QED) is 0.569. The fourth-order valence-corrected chi connectivity index (χ4v) is 2.41. The van der Waals surface area contributed by atoms with E-state index < -0.39 is 5.97 Å². The maximum absolute atomic E-state index is 12.1. The normalized spacial score (nSPS) is 11.1. The second-order valence-electron chi connectivity index (χ2n) is 4.94. The number of benzene rings is 1. The van der Waals surface area contributed by atoms with E-state index in [9.17, 15) is 4.79 Å². The van der Waals surface area contributed by atoms with E-state index in [1.54, 1.807) is 18.5 Å². The molecule has 6 heteroatoms. The number of pyridine rings is 1. The van der Waals surface area contributed by atoms with E-state index in [0.717, 1.165) is 21.9 Å². The molecule has 2 N–H and O–H groups in total. The van der Waals surface area contributed by atoms with Gasteiger partial charge in [0.2, 0.25) is 0 Å². The molecule has 0 atom stereocenters. The summed E-state index contributed by atoms with van der Waals surface area (Å²) < 4.78 is 5.35. The molecular formula is C16H12N4O2. The van der Waals surface area contributed by atoms with Gasteiger partial charge in [-0.15, -0.1) is 0 Å². The summed E-state index contributed by atoms with van der Waals surface area (Å²) >= 11 is 0. The zero-order valence-corrected chi connectivity index (χ0v) is 11.5. The lowest BCUT2D eigenvalue weighted by atomic mass is 10.1. The van der Waals surface area contributed by atoms with Crippen LogP contribution >= 0.6 is 0 Å². The van der Waals surface area contributed by atoms with Gasteiger partial charge in [-0.25, -0.2) is 9.78 Å². The van der Waals surface area contributed by atoms with Gasteiger partial charge in [0.1, 0.15) is 12.3 Å². The van der Waals surface area contributed by atoms with Crippen molar-refractivity contribution in [1.82, 2.24) is 20.2 Å². The van der Waals surface area contributed by atoms with Crippen LogP contribution in [0.25, 0.3) is 21.9 Å². The molecule has 0 saturated carbocycles. The Hall–Kier alpha value is -3.15. The fraction of sp³-hybridized carbons (Fsp3) is 0.0625. The van der Waals surface area contributed by atoms with E-state index in [0.29, 0.717) is 5.65 Å². The van der Waals surface area contributed by atoms with Crippen molar-refractivity contribution in [2.75, 3.05) is 0 Å². The van der Waals surface area contributed by atoms with Gasteiger partial charge in [0.25, 0.3) is 0 Å². The Morgan fingerprint density at radius 3 is 3.05 bits per heavy atom. The van der Waals surface area contributed by atoms with Gasteiger partial charge in [-0.05, 0) is 18.2 Å². The first-order chi connectivity index (χ1) is 10.8. The largest absolute Gasteiger partial charge is 0.456 e. The SMILES string of the molecule is O=C(OCc1cccc2cn[nH]c12)c1ccc2cc[nH]c2n1. The van der Waals surface area contributed by atoms with Gasteiger partial charge in [0, 0.05) is 22.5 Å². The highest BCUT2D eigenvalue weighted by molar-refractivity contribution is 5.90. The van der Waals surface area contributed by atoms with E-state index in [2.05, 4.69) is 20.2 Å². The molecule has 3 aromatic heterocycles. The average molecular weight is 292 g/mol. The number of hydrogen-bond acceptors (Lipinski definition) is 4. The van der Waals surface area contributed by atoms with E-state index in [1.165, 1.54) is 0 Å². The van der Waals surface area contributed by atoms with Crippen molar-refractivity contribution in [3.8, 4) is 0 Å². The standard InChI is InChI=1S/C16H12N4O2/c21-16(13-5-4-10-6-7-17-15(10)19-13)22-9-12-3-1-2-11-8-18-20-14(11)12/h1-8H,9H2,(H,17,19)(H,18,20). The number of hydrogen-bond donors (Lipinski definition) is 2. The Balaban J connectivity index is 1.55. The summed E-state index contributed by atoms with van der Waals surface area (Å²) in [6.45, 7) is 0.169. The number of aromatic nitrogens is 4. The first-order valence-electron chi connectivity index (χ1n) is 6.83. The van der Waals surface area contributed by atoms with Gasteiger partial charge < -0.3 is 9.72 Å². The molecule has 0 bridgehead atoms. The van der Waals surface area contributed by atoms with Crippen LogP contribution < -0.4 is 0 Å². The van der Waals surface area contributed by atoms with Gasteiger partial charge in [-0.2, -0.15) is 5.10 Å². The van der Waals surface area contributed by atoms with Crippen LogP contribution in [0.1, 0.15) is 16.1 Å². The van der Waals surface area contributed by atoms with Crippen LogP contribution in [-0.2, 0) is 11.3 Å². The molecular weight excluding hydrogens is 280 g/mol. The second kappa shape index (κ2) is 5.00. The van der Waals surface area contributed by atoms with Gasteiger partial charge in [0.05, 0.1) is 11.7 Å². The number of carbonyl (C=O) groups excluding carboxylic acids is 1. The number of fused-ring (bicyclic) bond motifs is 2. The fourth-order valence-electron chi connectivity index (χ4n) is 2.41. The minimum Gasteiger partial charge on any atom is -0.456 e. The second-order valence-corrected chi connectivity index (χ2v) is 4.94. The number of esters is 1. The number of rotatable bonds is 3. The summed E-state index contributed by atoms with van der Waals surface area (Å²) in [5.74, 6) is -0.451. The van der Waals surface area contributed by atoms with Gasteiger partial charge in [-0.1, -0.05) is 18.2 Å². The lowest BCUT2D eigenvalue weighted by Crippen LogP contribution is -2.07. The molecule has 4 aromatic rings. The Kier molecular flexibility index (Phi) is 2.86. The van der Waals surface area contributed by atoms with Crippen LogP contribution in [0.2, 0.25) is 0 Å². The molecule has 0 unspecified atom stereocenters. The molecule has 22 heavy (non-hydrogen) atoms. The van der Waals surface area contributed by atoms with Crippen molar-refractivity contribution in [3.63, 3.8) is 0 Å². The summed E-state index contributed by atoms with van der Waals surface area (Å²) in [4.78, 5) is 19.4. The van der Waals surface area contributed by atoms with Gasteiger partial charge in [0.15, 0.2) is 5.69 Å². The third-order valence-corrected chi connectivity index (χ3v) is 3.54. The van der Waals surface area contributed by atoms with Crippen LogP contribution in [-0.4, -0.2) is 26.1 Å². The van der Waals surface area contributed by atoms with Gasteiger partial charge >= 0.3 is 5.97 Å². The van der Waals surface area contributed by atoms with E-state index in [-0.39, 0.29) is 12.3 Å². The summed E-state index contributed by atoms with van der Waals surface area (Å²) in [5, 5.41) is 8.85. The summed E-state index contributed by atoms with van der Waals surface area (Å²) in [6.07, 6.45) is 3.52. The predicted molar refractivity (Wildman–Crippen MR) is 81.3 cm³/mol. The molecule has 0 radical (unpaired) electrons. The number of carbonyl (C=O) groups is 1. The van der Waals surface area contributed by atoms with Crippen LogP contribution in [0, 0.1) is 0 Å². The lowest BCUT2D eigenvalue weighted by Gasteiger charge is -2.05. The van der Waals surface area contributed by atoms with Crippen molar-refractivity contribution in [1.29, 1.82) is 0 Å². The minimum absolute atomic E-state index is 0.169. The molecule has 6 nitrogen and oxygen atoms in total. The van der Waals surface area contributed by atoms with Gasteiger partial charge in [-0.3, -0.25) is 5.10 Å². The number of para-hydroxylation sites is 1. The van der Waals surface area contributed by atoms with E-state index in [1.807, 2.05) is 30.3 Å². The van der Waals surface area contributed by atoms with E-state index in [4.69, 9.17) is 4.74 Å². The van der Waals surface area contributed by atoms with Crippen LogP contribution in [0.5, 0.6) is 0 Å². The number of nitrogens with one attached hydrogen (secondary N) is 2. The molecule has 0 saturated heterocycles. The predicted octanol–water partition coefficient (Wildman–Crippen LogP) is 2.80. The molecule has 1 aromatic carbocycles. The minimum atomic E-state index is -0.451. The van der Waals surface area contributed by atoms with Crippen molar-refractivity contribution in [2.45, 2.75) is 6.61 Å². The summed E-state index contributed by atoms with van der Waals surface area (Å²) in [5.41, 5.74) is 2.71. The highest BCUT2D eigenvalue weighted by atomic mass is 16.5. The molecule has 0 aliphatic rings. The molecule has 108 valence electrons. The molecule has 0 aliphatic heterocycles. The maximum atomic E-state index is 12.1. The number of ether oxygens (including phenoxy) is 1. The van der Waals surface area contributed by atoms with Crippen molar-refractivity contribution in [3.05, 3.63) is 60.0 Å². The Morgan fingerprint density at radius 2 is 2.09 bits per heavy atom. The number of aromatic amines is 2. The topological polar surface area (TPSA) is 83.7 Å². The highest BCUT2D eigenvalue weighted by Crippen LogP contribution is 2.17. The molecule has 0 spiro atoms. The monoisotopic (exact) mass is 292 g/mol. The van der Waals surface area contributed by atoms with Crippen LogP contribution in [0.3, 0.4) is 0 Å². The first-order valence-corrected chi connectivity index (χ1v) is 6.83. The smallest absolute Gasteiger partial charge is 0.357 e. The number of nitrogens with zero attached hydrogens (tertiary/aromatic N) is 2. The Labute approximate surface area is 125 Å². The lowest BCUT2D eigenvalue weighted by molar-refractivity contribution is 0.0467. The third kappa shape index (κ3) is 2.10. The Morgan fingerprint density at radius 1 is 1.14 bits per heavy atom. The summed E-state index contributed by atoms with van der Waals surface area (Å²) in [7, 11) is 0. The average Bonchev–Trinajstić information content (AvgIpc) is 3.20. The number of H-pyrrole nitrogens is 2. The van der Waals surface area contributed by atoms with Crippen molar-refractivity contribution >= 4 is 27.9 Å². The maximum Gasteiger partial charge on any atom is 0.357 e. The molecule has 0 aliphatic carbocycles. The van der Waals surface area contributed by atoms with Crippen LogP contribution in [0.4, 0.5) is 0 Å². The van der Waals surface area contributed by atoms with Crippen molar-refractivity contribution < 1.29 is 9.53 Å². The molecule has 0 fully saturated rings. The zero-order valence-electron chi connectivity index (χ0n) is 11.5. The van der Waals surface area contributed by atoms with Crippen molar-refractivity contribution in [2.24, 2.45) is 0 Å². The zero-order chi connectivity index (χ0) is 14.9. The first kappa shape index (κ1) is 12.6. The molecule has 4 rings (SSSR count).